The molecule has 1 saturated heterocycles. The summed E-state index contributed by atoms with van der Waals surface area (Å²) in [6.45, 7) is 1.52. The van der Waals surface area contributed by atoms with Gasteiger partial charge in [-0.05, 0) is 18.6 Å². The van der Waals surface area contributed by atoms with Crippen LogP contribution in [-0.2, 0) is 9.47 Å². The summed E-state index contributed by atoms with van der Waals surface area (Å²) in [7, 11) is 0. The summed E-state index contributed by atoms with van der Waals surface area (Å²) in [4.78, 5) is 7.94. The van der Waals surface area contributed by atoms with E-state index < -0.39 is 0 Å². The van der Waals surface area contributed by atoms with E-state index in [0.717, 1.165) is 47.6 Å². The van der Waals surface area contributed by atoms with Crippen LogP contribution in [0.15, 0.2) is 48.5 Å². The lowest BCUT2D eigenvalue weighted by molar-refractivity contribution is -0.183. The Kier molecular flexibility index (Phi) is 3.18. The molecule has 0 atom stereocenters. The number of fused-ring (bicyclic) bond motifs is 1. The first-order valence-electron chi connectivity index (χ1n) is 7.18. The van der Waals surface area contributed by atoms with Crippen LogP contribution in [0.4, 0.5) is 0 Å². The maximum Gasteiger partial charge on any atom is 0.183 e. The van der Waals surface area contributed by atoms with Gasteiger partial charge in [0, 0.05) is 11.1 Å². The number of hydrogen-bond donors (Lipinski definition) is 1. The molecule has 0 aliphatic carbocycles. The minimum atomic E-state index is -0.233. The maximum atomic E-state index is 5.61. The molecule has 1 aliphatic rings. The first-order chi connectivity index (χ1) is 10.4. The molecule has 3 aromatic rings. The lowest BCUT2D eigenvalue weighted by Gasteiger charge is -2.23. The molecule has 106 valence electrons. The van der Waals surface area contributed by atoms with Gasteiger partial charge in [-0.15, -0.1) is 0 Å². The van der Waals surface area contributed by atoms with Crippen LogP contribution >= 0.6 is 0 Å². The first kappa shape index (κ1) is 12.6. The van der Waals surface area contributed by atoms with Crippen LogP contribution < -0.4 is 0 Å². The SMILES string of the molecule is c1ccc2[nH]c(-c3ccc(C4OCCCO4)cc3)nc2c1. The Hall–Kier alpha value is -2.17. The molecule has 4 nitrogen and oxygen atoms in total. The largest absolute Gasteiger partial charge is 0.348 e. The van der Waals surface area contributed by atoms with Gasteiger partial charge in [0.2, 0.25) is 0 Å². The zero-order valence-corrected chi connectivity index (χ0v) is 11.6. The fourth-order valence-electron chi connectivity index (χ4n) is 2.57. The van der Waals surface area contributed by atoms with Crippen LogP contribution in [0.2, 0.25) is 0 Å². The highest BCUT2D eigenvalue weighted by molar-refractivity contribution is 5.79. The summed E-state index contributed by atoms with van der Waals surface area (Å²) in [6, 6.07) is 16.2. The summed E-state index contributed by atoms with van der Waals surface area (Å²) in [5.74, 6) is 0.883. The van der Waals surface area contributed by atoms with Crippen molar-refractivity contribution < 1.29 is 9.47 Å². The van der Waals surface area contributed by atoms with Gasteiger partial charge in [-0.1, -0.05) is 36.4 Å². The van der Waals surface area contributed by atoms with Gasteiger partial charge in [-0.2, -0.15) is 0 Å². The van der Waals surface area contributed by atoms with Gasteiger partial charge in [0.25, 0.3) is 0 Å². The Labute approximate surface area is 122 Å². The summed E-state index contributed by atoms with van der Waals surface area (Å²) in [5.41, 5.74) is 4.14. The van der Waals surface area contributed by atoms with Crippen LogP contribution in [-0.4, -0.2) is 23.2 Å². The molecule has 0 saturated carbocycles. The van der Waals surface area contributed by atoms with Crippen LogP contribution in [0.5, 0.6) is 0 Å². The fourth-order valence-corrected chi connectivity index (χ4v) is 2.57. The molecular formula is C17H16N2O2. The predicted octanol–water partition coefficient (Wildman–Crippen LogP) is 3.67. The Morgan fingerprint density at radius 2 is 1.71 bits per heavy atom. The number of ether oxygens (including phenoxy) is 2. The number of benzene rings is 2. The molecule has 1 aliphatic heterocycles. The molecule has 2 heterocycles. The number of hydrogen-bond acceptors (Lipinski definition) is 3. The molecule has 4 heteroatoms. The average molecular weight is 280 g/mol. The van der Waals surface area contributed by atoms with Crippen LogP contribution in [0.25, 0.3) is 22.4 Å². The van der Waals surface area contributed by atoms with Gasteiger partial charge in [0.15, 0.2) is 6.29 Å². The number of para-hydroxylation sites is 2. The molecule has 0 bridgehead atoms. The standard InChI is InChI=1S/C17H16N2O2/c1-2-5-15-14(4-1)18-16(19-15)12-6-8-13(9-7-12)17-20-10-3-11-21-17/h1-2,4-9,17H,3,10-11H2,(H,18,19). The highest BCUT2D eigenvalue weighted by Crippen LogP contribution is 2.26. The van der Waals surface area contributed by atoms with E-state index in [-0.39, 0.29) is 6.29 Å². The summed E-state index contributed by atoms with van der Waals surface area (Å²) in [5, 5.41) is 0. The van der Waals surface area contributed by atoms with Crippen molar-refractivity contribution in [3.63, 3.8) is 0 Å². The summed E-state index contributed by atoms with van der Waals surface area (Å²) < 4.78 is 11.2. The van der Waals surface area contributed by atoms with Crippen molar-refractivity contribution >= 4 is 11.0 Å². The minimum absolute atomic E-state index is 0.233. The van der Waals surface area contributed by atoms with Crippen molar-refractivity contribution in [3.05, 3.63) is 54.1 Å². The highest BCUT2D eigenvalue weighted by atomic mass is 16.7. The van der Waals surface area contributed by atoms with Gasteiger partial charge in [0.1, 0.15) is 5.82 Å². The van der Waals surface area contributed by atoms with Gasteiger partial charge >= 0.3 is 0 Å². The second kappa shape index (κ2) is 5.31. The van der Waals surface area contributed by atoms with Crippen molar-refractivity contribution in [1.82, 2.24) is 9.97 Å². The van der Waals surface area contributed by atoms with Crippen LogP contribution in [0.3, 0.4) is 0 Å². The second-order valence-corrected chi connectivity index (χ2v) is 5.15. The Balaban J connectivity index is 1.63. The van der Waals surface area contributed by atoms with Crippen molar-refractivity contribution in [1.29, 1.82) is 0 Å². The highest BCUT2D eigenvalue weighted by Gasteiger charge is 2.16. The second-order valence-electron chi connectivity index (χ2n) is 5.15. The average Bonchev–Trinajstić information content (AvgIpc) is 3.00. The third kappa shape index (κ3) is 2.44. The number of aromatic nitrogens is 2. The Morgan fingerprint density at radius 1 is 0.952 bits per heavy atom. The van der Waals surface area contributed by atoms with Gasteiger partial charge in [-0.25, -0.2) is 4.98 Å². The van der Waals surface area contributed by atoms with Crippen molar-refractivity contribution in [2.45, 2.75) is 12.7 Å². The van der Waals surface area contributed by atoms with Crippen molar-refractivity contribution in [2.24, 2.45) is 0 Å². The smallest absolute Gasteiger partial charge is 0.183 e. The molecule has 0 radical (unpaired) electrons. The summed E-state index contributed by atoms with van der Waals surface area (Å²) >= 11 is 0. The number of H-pyrrole nitrogens is 1. The zero-order valence-electron chi connectivity index (χ0n) is 11.6. The molecule has 0 spiro atoms. The summed E-state index contributed by atoms with van der Waals surface area (Å²) in [6.07, 6.45) is 0.733. The Bertz CT molecular complexity index is 710. The van der Waals surface area contributed by atoms with E-state index in [1.54, 1.807) is 0 Å². The topological polar surface area (TPSA) is 47.1 Å². The molecule has 0 amide bonds. The van der Waals surface area contributed by atoms with Gasteiger partial charge < -0.3 is 14.5 Å². The molecule has 1 N–H and O–H groups in total. The normalized spacial score (nSPS) is 16.4. The Morgan fingerprint density at radius 3 is 2.48 bits per heavy atom. The van der Waals surface area contributed by atoms with E-state index in [2.05, 4.69) is 9.97 Å². The number of imidazole rings is 1. The molecule has 4 rings (SSSR count). The lowest BCUT2D eigenvalue weighted by Crippen LogP contribution is -2.17. The molecular weight excluding hydrogens is 264 g/mol. The number of aromatic amines is 1. The number of rotatable bonds is 2. The van der Waals surface area contributed by atoms with E-state index in [1.807, 2.05) is 48.5 Å². The molecule has 2 aromatic carbocycles. The monoisotopic (exact) mass is 280 g/mol. The van der Waals surface area contributed by atoms with E-state index in [1.165, 1.54) is 0 Å². The molecule has 1 aromatic heterocycles. The van der Waals surface area contributed by atoms with E-state index >= 15 is 0 Å². The minimum Gasteiger partial charge on any atom is -0.348 e. The van der Waals surface area contributed by atoms with E-state index in [9.17, 15) is 0 Å². The van der Waals surface area contributed by atoms with Crippen molar-refractivity contribution in [3.8, 4) is 11.4 Å². The quantitative estimate of drug-likeness (QED) is 0.779. The van der Waals surface area contributed by atoms with Gasteiger partial charge in [0.05, 0.1) is 24.2 Å². The van der Waals surface area contributed by atoms with E-state index in [0.29, 0.717) is 0 Å². The van der Waals surface area contributed by atoms with Crippen LogP contribution in [0.1, 0.15) is 18.3 Å². The number of nitrogens with one attached hydrogen (secondary N) is 1. The molecule has 1 fully saturated rings. The van der Waals surface area contributed by atoms with Crippen molar-refractivity contribution in [2.75, 3.05) is 13.2 Å². The van der Waals surface area contributed by atoms with E-state index in [4.69, 9.17) is 9.47 Å². The molecule has 21 heavy (non-hydrogen) atoms. The first-order valence-corrected chi connectivity index (χ1v) is 7.18. The van der Waals surface area contributed by atoms with Gasteiger partial charge in [-0.3, -0.25) is 0 Å². The fraction of sp³-hybridized carbons (Fsp3) is 0.235. The molecule has 0 unspecified atom stereocenters. The zero-order chi connectivity index (χ0) is 14.1. The maximum absolute atomic E-state index is 5.61. The number of nitrogens with zero attached hydrogens (tertiary/aromatic N) is 1. The predicted molar refractivity (Wildman–Crippen MR) is 80.8 cm³/mol. The third-order valence-electron chi connectivity index (χ3n) is 3.67. The van der Waals surface area contributed by atoms with Crippen LogP contribution in [0, 0.1) is 0 Å². The third-order valence-corrected chi connectivity index (χ3v) is 3.67. The lowest BCUT2D eigenvalue weighted by atomic mass is 10.1.